The molecule has 3 heteroatoms. The predicted octanol–water partition coefficient (Wildman–Crippen LogP) is 4.73. The maximum absolute atomic E-state index is 12.2. The lowest BCUT2D eigenvalue weighted by atomic mass is 9.77. The van der Waals surface area contributed by atoms with Crippen molar-refractivity contribution < 1.29 is 9.53 Å². The molecule has 140 valence electrons. The van der Waals surface area contributed by atoms with Crippen molar-refractivity contribution in [2.24, 2.45) is 23.5 Å². The number of cyclic esters (lactones) is 1. The number of carbonyl (C=O) groups is 1. The SMILES string of the molecule is CC(C)CCC1CCCC(N)C(=O)OC(C)C1CCc1ccccc1. The molecule has 0 spiro atoms. The number of esters is 1. The first kappa shape index (κ1) is 20.0. The van der Waals surface area contributed by atoms with E-state index in [1.165, 1.54) is 18.4 Å². The molecule has 0 aliphatic carbocycles. The van der Waals surface area contributed by atoms with E-state index in [1.807, 2.05) is 0 Å². The number of ether oxygens (including phenoxy) is 1. The van der Waals surface area contributed by atoms with Crippen LogP contribution in [0.3, 0.4) is 0 Å². The Morgan fingerprint density at radius 2 is 1.88 bits per heavy atom. The van der Waals surface area contributed by atoms with Crippen LogP contribution < -0.4 is 5.73 Å². The summed E-state index contributed by atoms with van der Waals surface area (Å²) in [7, 11) is 0. The summed E-state index contributed by atoms with van der Waals surface area (Å²) in [6, 6.07) is 10.2. The molecule has 2 N–H and O–H groups in total. The van der Waals surface area contributed by atoms with Gasteiger partial charge in [0.05, 0.1) is 0 Å². The zero-order chi connectivity index (χ0) is 18.2. The molecule has 25 heavy (non-hydrogen) atoms. The number of benzene rings is 1. The Bertz CT molecular complexity index is 514. The number of carbonyl (C=O) groups excluding carboxylic acids is 1. The van der Waals surface area contributed by atoms with Crippen LogP contribution in [0.15, 0.2) is 30.3 Å². The molecule has 1 saturated heterocycles. The third-order valence-corrected chi connectivity index (χ3v) is 5.63. The second-order valence-electron chi connectivity index (χ2n) is 8.10. The van der Waals surface area contributed by atoms with Gasteiger partial charge in [-0.25, -0.2) is 0 Å². The molecular formula is C22H35NO2. The fraction of sp³-hybridized carbons (Fsp3) is 0.682. The first-order chi connectivity index (χ1) is 12.0. The Balaban J connectivity index is 2.10. The second-order valence-corrected chi connectivity index (χ2v) is 8.10. The first-order valence-corrected chi connectivity index (χ1v) is 9.97. The lowest BCUT2D eigenvalue weighted by molar-refractivity contribution is -0.153. The highest BCUT2D eigenvalue weighted by Gasteiger charge is 2.32. The van der Waals surface area contributed by atoms with Crippen LogP contribution in [0, 0.1) is 17.8 Å². The molecule has 1 heterocycles. The smallest absolute Gasteiger partial charge is 0.323 e. The van der Waals surface area contributed by atoms with Crippen molar-refractivity contribution in [2.45, 2.75) is 77.9 Å². The highest BCUT2D eigenvalue weighted by molar-refractivity contribution is 5.75. The molecule has 4 atom stereocenters. The number of aryl methyl sites for hydroxylation is 1. The van der Waals surface area contributed by atoms with Gasteiger partial charge >= 0.3 is 5.97 Å². The van der Waals surface area contributed by atoms with Crippen LogP contribution >= 0.6 is 0 Å². The molecule has 0 bridgehead atoms. The van der Waals surface area contributed by atoms with Crippen LogP contribution in [0.5, 0.6) is 0 Å². The van der Waals surface area contributed by atoms with E-state index >= 15 is 0 Å². The largest absolute Gasteiger partial charge is 0.461 e. The molecule has 2 rings (SSSR count). The van der Waals surface area contributed by atoms with Crippen LogP contribution in [-0.4, -0.2) is 18.1 Å². The predicted molar refractivity (Wildman–Crippen MR) is 103 cm³/mol. The zero-order valence-electron chi connectivity index (χ0n) is 16.1. The molecule has 1 aromatic carbocycles. The minimum Gasteiger partial charge on any atom is -0.461 e. The van der Waals surface area contributed by atoms with Gasteiger partial charge in [0.25, 0.3) is 0 Å². The first-order valence-electron chi connectivity index (χ1n) is 9.97. The molecule has 1 aliphatic rings. The van der Waals surface area contributed by atoms with E-state index in [4.69, 9.17) is 10.5 Å². The van der Waals surface area contributed by atoms with Crippen LogP contribution in [0.2, 0.25) is 0 Å². The van der Waals surface area contributed by atoms with Gasteiger partial charge in [-0.05, 0) is 62.3 Å². The molecule has 0 amide bonds. The second kappa shape index (κ2) is 9.96. The van der Waals surface area contributed by atoms with Crippen LogP contribution in [0.4, 0.5) is 0 Å². The molecular weight excluding hydrogens is 310 g/mol. The summed E-state index contributed by atoms with van der Waals surface area (Å²) >= 11 is 0. The fourth-order valence-corrected chi connectivity index (χ4v) is 4.03. The monoisotopic (exact) mass is 345 g/mol. The Labute approximate surface area is 153 Å². The third kappa shape index (κ3) is 6.47. The van der Waals surface area contributed by atoms with Gasteiger partial charge < -0.3 is 10.5 Å². The zero-order valence-corrected chi connectivity index (χ0v) is 16.1. The highest BCUT2D eigenvalue weighted by Crippen LogP contribution is 2.34. The van der Waals surface area contributed by atoms with E-state index in [0.717, 1.165) is 32.1 Å². The maximum Gasteiger partial charge on any atom is 0.323 e. The summed E-state index contributed by atoms with van der Waals surface area (Å²) in [5.74, 6) is 1.51. The van der Waals surface area contributed by atoms with E-state index < -0.39 is 6.04 Å². The summed E-state index contributed by atoms with van der Waals surface area (Å²) < 4.78 is 5.76. The molecule has 4 unspecified atom stereocenters. The number of hydrogen-bond acceptors (Lipinski definition) is 3. The van der Waals surface area contributed by atoms with Gasteiger partial charge in [0.2, 0.25) is 0 Å². The van der Waals surface area contributed by atoms with Gasteiger partial charge in [-0.2, -0.15) is 0 Å². The Morgan fingerprint density at radius 3 is 2.56 bits per heavy atom. The molecule has 1 aromatic rings. The van der Waals surface area contributed by atoms with Crippen molar-refractivity contribution in [3.8, 4) is 0 Å². The van der Waals surface area contributed by atoms with Gasteiger partial charge in [-0.1, -0.05) is 57.0 Å². The number of rotatable bonds is 6. The summed E-state index contributed by atoms with van der Waals surface area (Å²) in [5, 5.41) is 0. The Kier molecular flexibility index (Phi) is 7.95. The summed E-state index contributed by atoms with van der Waals surface area (Å²) in [5.41, 5.74) is 7.34. The van der Waals surface area contributed by atoms with Crippen molar-refractivity contribution in [2.75, 3.05) is 0 Å². The minimum absolute atomic E-state index is 0.0578. The topological polar surface area (TPSA) is 52.3 Å². The van der Waals surface area contributed by atoms with E-state index in [0.29, 0.717) is 17.8 Å². The highest BCUT2D eigenvalue weighted by atomic mass is 16.5. The molecule has 0 aromatic heterocycles. The van der Waals surface area contributed by atoms with Crippen molar-refractivity contribution in [1.82, 2.24) is 0 Å². The fourth-order valence-electron chi connectivity index (χ4n) is 4.03. The third-order valence-electron chi connectivity index (χ3n) is 5.63. The van der Waals surface area contributed by atoms with E-state index in [1.54, 1.807) is 0 Å². The van der Waals surface area contributed by atoms with Crippen LogP contribution in [0.25, 0.3) is 0 Å². The van der Waals surface area contributed by atoms with E-state index in [-0.39, 0.29) is 12.1 Å². The van der Waals surface area contributed by atoms with Crippen molar-refractivity contribution in [1.29, 1.82) is 0 Å². The number of nitrogens with two attached hydrogens (primary N) is 1. The average molecular weight is 346 g/mol. The summed E-state index contributed by atoms with van der Waals surface area (Å²) in [4.78, 5) is 12.2. The molecule has 3 nitrogen and oxygen atoms in total. The van der Waals surface area contributed by atoms with Gasteiger partial charge in [-0.15, -0.1) is 0 Å². The summed E-state index contributed by atoms with van der Waals surface area (Å²) in [6.07, 6.45) is 7.42. The van der Waals surface area contributed by atoms with Gasteiger partial charge in [0, 0.05) is 0 Å². The van der Waals surface area contributed by atoms with Crippen molar-refractivity contribution in [3.63, 3.8) is 0 Å². The quantitative estimate of drug-likeness (QED) is 0.758. The normalized spacial score (nSPS) is 28.1. The summed E-state index contributed by atoms with van der Waals surface area (Å²) in [6.45, 7) is 6.63. The van der Waals surface area contributed by atoms with Crippen LogP contribution in [-0.2, 0) is 16.0 Å². The van der Waals surface area contributed by atoms with Gasteiger partial charge in [-0.3, -0.25) is 4.79 Å². The standard InChI is InChI=1S/C22H35NO2/c1-16(2)12-14-19-10-7-11-21(23)22(24)25-17(3)20(19)15-13-18-8-5-4-6-9-18/h4-6,8-9,16-17,19-21H,7,10-15,23H2,1-3H3. The van der Waals surface area contributed by atoms with Crippen molar-refractivity contribution in [3.05, 3.63) is 35.9 Å². The molecule has 1 aliphatic heterocycles. The lowest BCUT2D eigenvalue weighted by Crippen LogP contribution is -2.36. The van der Waals surface area contributed by atoms with E-state index in [2.05, 4.69) is 51.1 Å². The number of hydrogen-bond donors (Lipinski definition) is 1. The Morgan fingerprint density at radius 1 is 1.16 bits per heavy atom. The molecule has 1 fully saturated rings. The maximum atomic E-state index is 12.2. The van der Waals surface area contributed by atoms with Crippen LogP contribution in [0.1, 0.15) is 64.9 Å². The van der Waals surface area contributed by atoms with E-state index in [9.17, 15) is 4.79 Å². The molecule has 0 radical (unpaired) electrons. The average Bonchev–Trinajstić information content (AvgIpc) is 2.63. The van der Waals surface area contributed by atoms with Crippen molar-refractivity contribution >= 4 is 5.97 Å². The molecule has 0 saturated carbocycles. The van der Waals surface area contributed by atoms with Gasteiger partial charge in [0.1, 0.15) is 12.1 Å². The lowest BCUT2D eigenvalue weighted by Gasteiger charge is -2.32. The minimum atomic E-state index is -0.457. The Hall–Kier alpha value is -1.35. The van der Waals surface area contributed by atoms with Gasteiger partial charge in [0.15, 0.2) is 0 Å².